The van der Waals surface area contributed by atoms with Crippen LogP contribution >= 0.6 is 0 Å². The van der Waals surface area contributed by atoms with E-state index in [1.807, 2.05) is 0 Å². The third-order valence-electron chi connectivity index (χ3n) is 2.70. The van der Waals surface area contributed by atoms with Crippen LogP contribution in [0.4, 0.5) is 9.18 Å². The van der Waals surface area contributed by atoms with Gasteiger partial charge in [-0.3, -0.25) is 4.90 Å². The number of hydrogen-bond acceptors (Lipinski definition) is 7. The lowest BCUT2D eigenvalue weighted by Crippen LogP contribution is -2.50. The minimum absolute atomic E-state index is 0.0435. The summed E-state index contributed by atoms with van der Waals surface area (Å²) in [7, 11) is -3.48. The van der Waals surface area contributed by atoms with Crippen molar-refractivity contribution in [3.63, 3.8) is 0 Å². The molecule has 0 bridgehead atoms. The predicted octanol–water partition coefficient (Wildman–Crippen LogP) is 1.33. The summed E-state index contributed by atoms with van der Waals surface area (Å²) < 4.78 is 49.8. The third-order valence-corrected chi connectivity index (χ3v) is 3.45. The van der Waals surface area contributed by atoms with Crippen LogP contribution in [0.5, 0.6) is 0 Å². The van der Waals surface area contributed by atoms with E-state index in [9.17, 15) is 22.4 Å². The van der Waals surface area contributed by atoms with Crippen LogP contribution in [0.2, 0.25) is 0 Å². The molecule has 0 N–H and O–H groups in total. The van der Waals surface area contributed by atoms with Gasteiger partial charge in [-0.05, 0) is 27.2 Å². The molecule has 0 aliphatic carbocycles. The van der Waals surface area contributed by atoms with E-state index in [0.29, 0.717) is 0 Å². The summed E-state index contributed by atoms with van der Waals surface area (Å²) in [5.41, 5.74) is -1.05. The normalized spacial score (nSPS) is 19.1. The molecule has 0 spiro atoms. The molecule has 1 unspecified atom stereocenters. The number of carbonyl (C=O) groups excluding carboxylic acids is 2. The topological polar surface area (TPSA) is 99.2 Å². The monoisotopic (exact) mass is 353 g/mol. The van der Waals surface area contributed by atoms with E-state index in [1.54, 1.807) is 20.8 Å². The molecule has 0 aromatic rings. The van der Waals surface area contributed by atoms with Crippen LogP contribution in [0.3, 0.4) is 0 Å². The molecular formula is C13H20FNO7S. The van der Waals surface area contributed by atoms with Crippen molar-refractivity contribution >= 4 is 22.2 Å². The van der Waals surface area contributed by atoms with Crippen LogP contribution in [0.15, 0.2) is 11.6 Å². The van der Waals surface area contributed by atoms with E-state index in [0.717, 1.165) is 12.0 Å². The number of rotatable bonds is 4. The van der Waals surface area contributed by atoms with Crippen molar-refractivity contribution in [3.8, 4) is 0 Å². The number of halogens is 1. The van der Waals surface area contributed by atoms with Gasteiger partial charge in [0.1, 0.15) is 5.60 Å². The highest BCUT2D eigenvalue weighted by Gasteiger charge is 2.39. The molecule has 1 aliphatic heterocycles. The van der Waals surface area contributed by atoms with E-state index in [1.165, 1.54) is 6.08 Å². The average molecular weight is 353 g/mol. The standard InChI is InChI=1S/C13H20FNO7S/c1-13(2,3)21-12(17)15-7-5-6-9(11(16)20-4)10(15)22-23(18,19)8-14/h6,10H,5,7-8H2,1-4H3. The molecular weight excluding hydrogens is 333 g/mol. The summed E-state index contributed by atoms with van der Waals surface area (Å²) >= 11 is 0. The molecule has 1 amide bonds. The van der Waals surface area contributed by atoms with Crippen molar-refractivity contribution in [1.29, 1.82) is 0 Å². The number of alkyl halides is 1. The molecule has 132 valence electrons. The Bertz CT molecular complexity index is 594. The lowest BCUT2D eigenvalue weighted by atomic mass is 10.1. The minimum Gasteiger partial charge on any atom is -0.466 e. The van der Waals surface area contributed by atoms with Gasteiger partial charge in [-0.2, -0.15) is 8.42 Å². The van der Waals surface area contributed by atoms with Gasteiger partial charge in [-0.15, -0.1) is 0 Å². The van der Waals surface area contributed by atoms with Crippen molar-refractivity contribution < 1.29 is 36.1 Å². The fourth-order valence-corrected chi connectivity index (χ4v) is 2.36. The Hall–Kier alpha value is -1.68. The number of nitrogens with zero attached hydrogens (tertiary/aromatic N) is 1. The molecule has 0 aromatic heterocycles. The van der Waals surface area contributed by atoms with Crippen molar-refractivity contribution in [2.75, 3.05) is 19.7 Å². The van der Waals surface area contributed by atoms with E-state index >= 15 is 0 Å². The van der Waals surface area contributed by atoms with Crippen molar-refractivity contribution in [2.24, 2.45) is 0 Å². The van der Waals surface area contributed by atoms with E-state index in [-0.39, 0.29) is 18.5 Å². The molecule has 0 fully saturated rings. The molecule has 0 saturated heterocycles. The van der Waals surface area contributed by atoms with Crippen molar-refractivity contribution in [2.45, 2.75) is 39.0 Å². The van der Waals surface area contributed by atoms with Gasteiger partial charge in [-0.25, -0.2) is 18.2 Å². The molecule has 0 aromatic carbocycles. The lowest BCUT2D eigenvalue weighted by molar-refractivity contribution is -0.138. The number of hydrogen-bond donors (Lipinski definition) is 0. The van der Waals surface area contributed by atoms with Gasteiger partial charge < -0.3 is 9.47 Å². The second-order valence-corrected chi connectivity index (χ2v) is 7.25. The number of ether oxygens (including phenoxy) is 2. The van der Waals surface area contributed by atoms with E-state index in [2.05, 4.69) is 8.92 Å². The summed E-state index contributed by atoms with van der Waals surface area (Å²) in [5, 5.41) is 0. The minimum atomic E-state index is -4.57. The highest BCUT2D eigenvalue weighted by atomic mass is 32.2. The van der Waals surface area contributed by atoms with Crippen LogP contribution in [-0.4, -0.2) is 56.9 Å². The Kier molecular flexibility index (Phi) is 6.11. The van der Waals surface area contributed by atoms with Gasteiger partial charge in [-0.1, -0.05) is 6.08 Å². The molecule has 8 nitrogen and oxygen atoms in total. The first kappa shape index (κ1) is 19.4. The first-order valence-electron chi connectivity index (χ1n) is 6.75. The Morgan fingerprint density at radius 3 is 2.48 bits per heavy atom. The summed E-state index contributed by atoms with van der Waals surface area (Å²) in [5.74, 6) is -0.877. The SMILES string of the molecule is COC(=O)C1=CCCN(C(=O)OC(C)(C)C)C1OS(=O)(=O)CF. The first-order valence-corrected chi connectivity index (χ1v) is 8.33. The number of amides is 1. The van der Waals surface area contributed by atoms with E-state index in [4.69, 9.17) is 4.74 Å². The smallest absolute Gasteiger partial charge is 0.412 e. The Labute approximate surface area is 134 Å². The first-order chi connectivity index (χ1) is 10.5. The molecule has 1 atom stereocenters. The maximum atomic E-state index is 12.6. The quantitative estimate of drug-likeness (QED) is 0.555. The van der Waals surface area contributed by atoms with E-state index < -0.39 is 40.0 Å². The fraction of sp³-hybridized carbons (Fsp3) is 0.692. The molecule has 1 heterocycles. The van der Waals surface area contributed by atoms with Gasteiger partial charge >= 0.3 is 12.1 Å². The molecule has 0 saturated carbocycles. The number of methoxy groups -OCH3 is 1. The molecule has 0 radical (unpaired) electrons. The summed E-state index contributed by atoms with van der Waals surface area (Å²) in [6, 6.07) is -1.79. The van der Waals surface area contributed by atoms with Crippen LogP contribution in [0, 0.1) is 0 Å². The lowest BCUT2D eigenvalue weighted by Gasteiger charge is -2.35. The Balaban J connectivity index is 3.15. The summed E-state index contributed by atoms with van der Waals surface area (Å²) in [6.45, 7) is 4.92. The fourth-order valence-electron chi connectivity index (χ4n) is 1.82. The Morgan fingerprint density at radius 2 is 2.00 bits per heavy atom. The highest BCUT2D eigenvalue weighted by Crippen LogP contribution is 2.24. The third kappa shape index (κ3) is 5.47. The predicted molar refractivity (Wildman–Crippen MR) is 77.4 cm³/mol. The van der Waals surface area contributed by atoms with Gasteiger partial charge in [0, 0.05) is 6.54 Å². The van der Waals surface area contributed by atoms with Crippen molar-refractivity contribution in [3.05, 3.63) is 11.6 Å². The summed E-state index contributed by atoms with van der Waals surface area (Å²) in [6.07, 6.45) is -0.873. The largest absolute Gasteiger partial charge is 0.466 e. The second-order valence-electron chi connectivity index (χ2n) is 5.73. The zero-order chi connectivity index (χ0) is 17.8. The average Bonchev–Trinajstić information content (AvgIpc) is 2.44. The highest BCUT2D eigenvalue weighted by molar-refractivity contribution is 7.86. The van der Waals surface area contributed by atoms with Crippen LogP contribution < -0.4 is 0 Å². The molecule has 23 heavy (non-hydrogen) atoms. The molecule has 1 rings (SSSR count). The summed E-state index contributed by atoms with van der Waals surface area (Å²) in [4.78, 5) is 24.9. The zero-order valence-electron chi connectivity index (χ0n) is 13.4. The molecule has 1 aliphatic rings. The van der Waals surface area contributed by atoms with Crippen LogP contribution in [0.25, 0.3) is 0 Å². The van der Waals surface area contributed by atoms with Gasteiger partial charge in [0.15, 0.2) is 6.23 Å². The van der Waals surface area contributed by atoms with Crippen LogP contribution in [-0.2, 0) is 28.6 Å². The molecule has 10 heteroatoms. The number of carbonyl (C=O) groups is 2. The van der Waals surface area contributed by atoms with Crippen molar-refractivity contribution in [1.82, 2.24) is 4.90 Å². The second kappa shape index (κ2) is 7.26. The van der Waals surface area contributed by atoms with Gasteiger partial charge in [0.2, 0.25) is 6.01 Å². The maximum Gasteiger partial charge on any atom is 0.412 e. The Morgan fingerprint density at radius 1 is 1.39 bits per heavy atom. The zero-order valence-corrected chi connectivity index (χ0v) is 14.2. The van der Waals surface area contributed by atoms with Crippen LogP contribution in [0.1, 0.15) is 27.2 Å². The number of esters is 1. The maximum absolute atomic E-state index is 12.6. The van der Waals surface area contributed by atoms with Gasteiger partial charge in [0.25, 0.3) is 10.1 Å². The van der Waals surface area contributed by atoms with Gasteiger partial charge in [0.05, 0.1) is 12.7 Å².